The third kappa shape index (κ3) is 5.34. The Hall–Kier alpha value is -1.04. The van der Waals surface area contributed by atoms with Crippen molar-refractivity contribution in [2.24, 2.45) is 0 Å². The molecule has 0 unspecified atom stereocenters. The molecule has 0 aliphatic carbocycles. The normalized spacial score (nSPS) is 10.8. The van der Waals surface area contributed by atoms with Gasteiger partial charge in [0, 0.05) is 34.4 Å². The average molecular weight is 368 g/mol. The number of rotatable bonds is 8. The van der Waals surface area contributed by atoms with Crippen molar-refractivity contribution in [1.29, 1.82) is 0 Å². The largest absolute Gasteiger partial charge is 0.381 e. The molecule has 1 heterocycles. The Kier molecular flexibility index (Phi) is 6.54. The fourth-order valence-electron chi connectivity index (χ4n) is 1.95. The van der Waals surface area contributed by atoms with E-state index in [4.69, 9.17) is 4.74 Å². The van der Waals surface area contributed by atoms with Crippen LogP contribution in [0.5, 0.6) is 0 Å². The molecule has 0 fully saturated rings. The number of ketones is 1. The van der Waals surface area contributed by atoms with E-state index in [0.717, 1.165) is 28.6 Å². The molecule has 0 saturated heterocycles. The maximum absolute atomic E-state index is 11.9. The van der Waals surface area contributed by atoms with Crippen LogP contribution in [0.15, 0.2) is 34.2 Å². The first-order valence-electron chi connectivity index (χ1n) is 6.92. The zero-order valence-electron chi connectivity index (χ0n) is 12.0. The Morgan fingerprint density at radius 3 is 2.71 bits per heavy atom. The number of Topliss-reactive ketones (excluding diaryl/α,β-unsaturated/α-hetero) is 1. The first kappa shape index (κ1) is 16.3. The summed E-state index contributed by atoms with van der Waals surface area (Å²) >= 11 is 5.03. The van der Waals surface area contributed by atoms with Gasteiger partial charge in [-0.15, -0.1) is 11.3 Å². The predicted octanol–water partition coefficient (Wildman–Crippen LogP) is 4.44. The molecule has 0 spiro atoms. The van der Waals surface area contributed by atoms with Gasteiger partial charge >= 0.3 is 0 Å². The van der Waals surface area contributed by atoms with Crippen molar-refractivity contribution in [1.82, 2.24) is 4.98 Å². The summed E-state index contributed by atoms with van der Waals surface area (Å²) in [6, 6.07) is 7.47. The molecule has 0 radical (unpaired) electrons. The first-order chi connectivity index (χ1) is 10.2. The van der Waals surface area contributed by atoms with Crippen molar-refractivity contribution in [3.63, 3.8) is 0 Å². The lowest BCUT2D eigenvalue weighted by atomic mass is 10.1. The molecule has 2 aromatic rings. The number of hydrogen-bond acceptors (Lipinski definition) is 4. The fraction of sp³-hybridized carbons (Fsp3) is 0.375. The number of nitrogens with zero attached hydrogens (tertiary/aromatic N) is 1. The number of aromatic nitrogens is 1. The van der Waals surface area contributed by atoms with Crippen LogP contribution in [0.25, 0.3) is 0 Å². The number of benzene rings is 1. The second-order valence-corrected chi connectivity index (χ2v) is 6.61. The molecule has 1 aromatic heterocycles. The molecule has 0 aliphatic heterocycles. The lowest BCUT2D eigenvalue weighted by Crippen LogP contribution is -2.04. The second kappa shape index (κ2) is 8.41. The first-order valence-corrected chi connectivity index (χ1v) is 8.59. The monoisotopic (exact) mass is 367 g/mol. The summed E-state index contributed by atoms with van der Waals surface area (Å²) in [4.78, 5) is 17.4. The Morgan fingerprint density at radius 1 is 1.29 bits per heavy atom. The van der Waals surface area contributed by atoms with E-state index in [1.807, 2.05) is 36.7 Å². The number of hydrogen-bond donors (Lipinski definition) is 0. The minimum Gasteiger partial charge on any atom is -0.381 e. The van der Waals surface area contributed by atoms with Gasteiger partial charge in [-0.05, 0) is 25.5 Å². The molecule has 0 saturated carbocycles. The summed E-state index contributed by atoms with van der Waals surface area (Å²) in [6.45, 7) is 3.33. The van der Waals surface area contributed by atoms with Crippen molar-refractivity contribution in [3.05, 3.63) is 50.4 Å². The molecule has 5 heteroatoms. The molecule has 1 aromatic carbocycles. The molecule has 0 atom stereocenters. The molecule has 0 N–H and O–H groups in total. The van der Waals surface area contributed by atoms with Gasteiger partial charge in [-0.2, -0.15) is 0 Å². The Labute approximate surface area is 137 Å². The summed E-state index contributed by atoms with van der Waals surface area (Å²) in [7, 11) is 0. The molecular formula is C16H18BrNO2S. The van der Waals surface area contributed by atoms with E-state index in [-0.39, 0.29) is 5.78 Å². The van der Waals surface area contributed by atoms with Gasteiger partial charge in [-0.25, -0.2) is 4.98 Å². The van der Waals surface area contributed by atoms with Gasteiger partial charge in [-0.1, -0.05) is 28.1 Å². The summed E-state index contributed by atoms with van der Waals surface area (Å²) in [6.07, 6.45) is 2.19. The number of aryl methyl sites for hydroxylation is 1. The highest BCUT2D eigenvalue weighted by molar-refractivity contribution is 9.10. The number of halogens is 1. The van der Waals surface area contributed by atoms with Crippen LogP contribution < -0.4 is 0 Å². The van der Waals surface area contributed by atoms with Crippen molar-refractivity contribution in [2.75, 3.05) is 13.2 Å². The summed E-state index contributed by atoms with van der Waals surface area (Å²) in [5, 5.41) is 0. The zero-order valence-corrected chi connectivity index (χ0v) is 14.4. The standard InChI is InChI=1S/C16H18BrNO2S/c1-12-16(21-11-18-12)8-10-20-9-2-3-15(19)13-4-6-14(17)7-5-13/h4-7,11H,2-3,8-10H2,1H3. The highest BCUT2D eigenvalue weighted by Gasteiger charge is 2.05. The smallest absolute Gasteiger partial charge is 0.162 e. The quantitative estimate of drug-likeness (QED) is 0.511. The molecule has 21 heavy (non-hydrogen) atoms. The molecule has 0 bridgehead atoms. The molecule has 0 aliphatic rings. The molecule has 3 nitrogen and oxygen atoms in total. The lowest BCUT2D eigenvalue weighted by Gasteiger charge is -2.04. The van der Waals surface area contributed by atoms with Crippen LogP contribution in [0.1, 0.15) is 33.8 Å². The van der Waals surface area contributed by atoms with E-state index in [2.05, 4.69) is 20.9 Å². The number of carbonyl (C=O) groups excluding carboxylic acids is 1. The predicted molar refractivity (Wildman–Crippen MR) is 89.1 cm³/mol. The lowest BCUT2D eigenvalue weighted by molar-refractivity contribution is 0.0940. The van der Waals surface area contributed by atoms with Crippen molar-refractivity contribution in [2.45, 2.75) is 26.2 Å². The van der Waals surface area contributed by atoms with Crippen LogP contribution >= 0.6 is 27.3 Å². The summed E-state index contributed by atoms with van der Waals surface area (Å²) in [5.74, 6) is 0.171. The van der Waals surface area contributed by atoms with Crippen molar-refractivity contribution < 1.29 is 9.53 Å². The number of ether oxygens (including phenoxy) is 1. The van der Waals surface area contributed by atoms with Crippen LogP contribution in [0.2, 0.25) is 0 Å². The molecule has 2 rings (SSSR count). The maximum Gasteiger partial charge on any atom is 0.162 e. The van der Waals surface area contributed by atoms with Gasteiger partial charge in [0.15, 0.2) is 5.78 Å². The van der Waals surface area contributed by atoms with Crippen LogP contribution in [0, 0.1) is 6.92 Å². The van der Waals surface area contributed by atoms with E-state index >= 15 is 0 Å². The molecular weight excluding hydrogens is 350 g/mol. The zero-order chi connectivity index (χ0) is 15.1. The topological polar surface area (TPSA) is 39.2 Å². The second-order valence-electron chi connectivity index (χ2n) is 4.76. The third-order valence-corrected chi connectivity index (χ3v) is 4.70. The van der Waals surface area contributed by atoms with Gasteiger partial charge in [-0.3, -0.25) is 4.79 Å². The van der Waals surface area contributed by atoms with Gasteiger partial charge < -0.3 is 4.74 Å². The number of thiazole rings is 1. The highest BCUT2D eigenvalue weighted by atomic mass is 79.9. The Balaban J connectivity index is 1.60. The SMILES string of the molecule is Cc1ncsc1CCOCCCC(=O)c1ccc(Br)cc1. The average Bonchev–Trinajstić information content (AvgIpc) is 2.88. The minimum atomic E-state index is 0.171. The van der Waals surface area contributed by atoms with Gasteiger partial charge in [0.1, 0.15) is 0 Å². The summed E-state index contributed by atoms with van der Waals surface area (Å²) < 4.78 is 6.57. The van der Waals surface area contributed by atoms with Crippen LogP contribution in [-0.2, 0) is 11.2 Å². The van der Waals surface area contributed by atoms with E-state index in [0.29, 0.717) is 19.6 Å². The van der Waals surface area contributed by atoms with Crippen molar-refractivity contribution >= 4 is 33.0 Å². The van der Waals surface area contributed by atoms with E-state index in [1.165, 1.54) is 4.88 Å². The maximum atomic E-state index is 11.9. The minimum absolute atomic E-state index is 0.171. The van der Waals surface area contributed by atoms with Gasteiger partial charge in [0.05, 0.1) is 17.8 Å². The third-order valence-electron chi connectivity index (χ3n) is 3.18. The van der Waals surface area contributed by atoms with Crippen molar-refractivity contribution in [3.8, 4) is 0 Å². The Bertz CT molecular complexity index is 580. The fourth-order valence-corrected chi connectivity index (χ4v) is 2.97. The molecule has 112 valence electrons. The van der Waals surface area contributed by atoms with Gasteiger partial charge in [0.25, 0.3) is 0 Å². The van der Waals surface area contributed by atoms with Crippen LogP contribution in [0.4, 0.5) is 0 Å². The van der Waals surface area contributed by atoms with Crippen LogP contribution in [0.3, 0.4) is 0 Å². The molecule has 0 amide bonds. The highest BCUT2D eigenvalue weighted by Crippen LogP contribution is 2.14. The Morgan fingerprint density at radius 2 is 2.05 bits per heavy atom. The van der Waals surface area contributed by atoms with Gasteiger partial charge in [0.2, 0.25) is 0 Å². The van der Waals surface area contributed by atoms with E-state index in [1.54, 1.807) is 11.3 Å². The van der Waals surface area contributed by atoms with Crippen LogP contribution in [-0.4, -0.2) is 24.0 Å². The number of carbonyl (C=O) groups is 1. The van der Waals surface area contributed by atoms with E-state index in [9.17, 15) is 4.79 Å². The van der Waals surface area contributed by atoms with E-state index < -0.39 is 0 Å². The summed E-state index contributed by atoms with van der Waals surface area (Å²) in [5.41, 5.74) is 3.72.